The van der Waals surface area contributed by atoms with Gasteiger partial charge in [-0.15, -0.1) is 0 Å². The van der Waals surface area contributed by atoms with Crippen molar-refractivity contribution in [2.45, 2.75) is 115 Å². The SMILES string of the molecule is NC(=O)CCCCCCC/C=C\CCCCCCCCC(=O)[C@@]1(Cc2cnc[nH]2)CCN1. The first kappa shape index (κ1) is 26.3. The monoisotopic (exact) mass is 444 g/mol. The Morgan fingerprint density at radius 3 is 1.97 bits per heavy atom. The minimum absolute atomic E-state index is 0.181. The van der Waals surface area contributed by atoms with Crippen LogP contribution < -0.4 is 11.1 Å². The normalized spacial score (nSPS) is 18.1. The van der Waals surface area contributed by atoms with Crippen LogP contribution in [-0.2, 0) is 16.0 Å². The number of nitrogens with one attached hydrogen (secondary N) is 2. The minimum Gasteiger partial charge on any atom is -0.370 e. The standard InChI is InChI=1S/C26H44N4O2/c27-25(32)17-15-13-11-9-7-5-3-1-2-4-6-8-10-12-14-16-24(31)26(18-19-30-26)20-23-21-28-22-29-23/h1,3,21-22,30H,2,4-20H2,(H2,27,32)(H,28,29)/b3-1-/t26-/m0/s1. The Morgan fingerprint density at radius 2 is 1.47 bits per heavy atom. The number of aromatic nitrogens is 2. The third kappa shape index (κ3) is 10.6. The van der Waals surface area contributed by atoms with Crippen molar-refractivity contribution in [3.63, 3.8) is 0 Å². The summed E-state index contributed by atoms with van der Waals surface area (Å²) in [4.78, 5) is 30.6. The van der Waals surface area contributed by atoms with Gasteiger partial charge in [0, 0.05) is 31.2 Å². The van der Waals surface area contributed by atoms with Crippen molar-refractivity contribution in [1.29, 1.82) is 0 Å². The van der Waals surface area contributed by atoms with Gasteiger partial charge in [0.1, 0.15) is 0 Å². The Morgan fingerprint density at radius 1 is 0.906 bits per heavy atom. The Hall–Kier alpha value is -1.95. The van der Waals surface area contributed by atoms with E-state index >= 15 is 0 Å². The molecule has 0 unspecified atom stereocenters. The number of nitrogens with zero attached hydrogens (tertiary/aromatic N) is 1. The number of rotatable bonds is 20. The van der Waals surface area contributed by atoms with Crippen LogP contribution in [0.4, 0.5) is 0 Å². The fourth-order valence-electron chi connectivity index (χ4n) is 4.44. The summed E-state index contributed by atoms with van der Waals surface area (Å²) >= 11 is 0. The van der Waals surface area contributed by atoms with Gasteiger partial charge in [0.25, 0.3) is 0 Å². The number of nitrogens with two attached hydrogens (primary N) is 1. The maximum absolute atomic E-state index is 12.7. The van der Waals surface area contributed by atoms with Crippen molar-refractivity contribution in [1.82, 2.24) is 15.3 Å². The molecule has 0 spiro atoms. The summed E-state index contributed by atoms with van der Waals surface area (Å²) < 4.78 is 0. The number of primary amides is 1. The van der Waals surface area contributed by atoms with Gasteiger partial charge in [-0.3, -0.25) is 9.59 Å². The number of allylic oxidation sites excluding steroid dienone is 2. The lowest BCUT2D eigenvalue weighted by Crippen LogP contribution is -2.63. The summed E-state index contributed by atoms with van der Waals surface area (Å²) in [6, 6.07) is 0. The van der Waals surface area contributed by atoms with Gasteiger partial charge >= 0.3 is 0 Å². The van der Waals surface area contributed by atoms with Gasteiger partial charge in [-0.25, -0.2) is 4.98 Å². The summed E-state index contributed by atoms with van der Waals surface area (Å²) in [6.45, 7) is 0.937. The first-order valence-corrected chi connectivity index (χ1v) is 12.8. The second-order valence-corrected chi connectivity index (χ2v) is 9.34. The quantitative estimate of drug-likeness (QED) is 0.191. The molecule has 1 fully saturated rings. The van der Waals surface area contributed by atoms with Crippen molar-refractivity contribution < 1.29 is 9.59 Å². The first-order valence-electron chi connectivity index (χ1n) is 12.8. The molecule has 0 bridgehead atoms. The van der Waals surface area contributed by atoms with Gasteiger partial charge in [-0.1, -0.05) is 57.1 Å². The topological polar surface area (TPSA) is 101 Å². The number of carbonyl (C=O) groups is 2. The maximum Gasteiger partial charge on any atom is 0.217 e. The number of H-pyrrole nitrogens is 1. The van der Waals surface area contributed by atoms with E-state index in [0.717, 1.165) is 50.8 Å². The smallest absolute Gasteiger partial charge is 0.217 e. The molecule has 180 valence electrons. The summed E-state index contributed by atoms with van der Waals surface area (Å²) in [5.74, 6) is 0.189. The summed E-state index contributed by atoms with van der Waals surface area (Å²) in [7, 11) is 0. The highest BCUT2D eigenvalue weighted by Crippen LogP contribution is 2.26. The lowest BCUT2D eigenvalue weighted by Gasteiger charge is -2.41. The van der Waals surface area contributed by atoms with Crippen molar-refractivity contribution >= 4 is 11.7 Å². The summed E-state index contributed by atoms with van der Waals surface area (Å²) in [5.41, 5.74) is 5.83. The largest absolute Gasteiger partial charge is 0.370 e. The van der Waals surface area contributed by atoms with E-state index in [1.807, 2.05) is 6.20 Å². The molecule has 2 rings (SSSR count). The number of ketones is 1. The first-order chi connectivity index (χ1) is 15.6. The molecule has 6 nitrogen and oxygen atoms in total. The molecule has 1 atom stereocenters. The van der Waals surface area contributed by atoms with Gasteiger partial charge in [0.05, 0.1) is 11.9 Å². The molecule has 1 saturated heterocycles. The zero-order valence-corrected chi connectivity index (χ0v) is 19.9. The van der Waals surface area contributed by atoms with Crippen LogP contribution in [0.15, 0.2) is 24.7 Å². The third-order valence-electron chi connectivity index (χ3n) is 6.58. The number of imidazole rings is 1. The lowest BCUT2D eigenvalue weighted by atomic mass is 9.78. The van der Waals surface area contributed by atoms with E-state index in [1.165, 1.54) is 57.8 Å². The zero-order chi connectivity index (χ0) is 22.9. The second kappa shape index (κ2) is 15.8. The molecule has 0 radical (unpaired) electrons. The van der Waals surface area contributed by atoms with Crippen molar-refractivity contribution in [2.75, 3.05) is 6.54 Å². The third-order valence-corrected chi connectivity index (χ3v) is 6.58. The van der Waals surface area contributed by atoms with Crippen LogP contribution in [0.3, 0.4) is 0 Å². The van der Waals surface area contributed by atoms with Gasteiger partial charge in [-0.05, 0) is 51.5 Å². The Bertz CT molecular complexity index is 665. The molecule has 4 N–H and O–H groups in total. The van der Waals surface area contributed by atoms with Crippen LogP contribution in [-0.4, -0.2) is 33.7 Å². The number of aromatic amines is 1. The highest BCUT2D eigenvalue weighted by molar-refractivity contribution is 5.89. The predicted octanol–water partition coefficient (Wildman–Crippen LogP) is 5.15. The number of amides is 1. The molecule has 2 heterocycles. The van der Waals surface area contributed by atoms with E-state index in [4.69, 9.17) is 5.73 Å². The highest BCUT2D eigenvalue weighted by atomic mass is 16.1. The fraction of sp³-hybridized carbons (Fsp3) is 0.731. The molecule has 0 aliphatic carbocycles. The van der Waals surface area contributed by atoms with E-state index in [1.54, 1.807) is 6.33 Å². The molecule has 0 saturated carbocycles. The van der Waals surface area contributed by atoms with Gasteiger partial charge in [-0.2, -0.15) is 0 Å². The number of unbranched alkanes of at least 4 members (excludes halogenated alkanes) is 11. The number of carbonyl (C=O) groups excluding carboxylic acids is 2. The van der Waals surface area contributed by atoms with Crippen LogP contribution in [0.25, 0.3) is 0 Å². The van der Waals surface area contributed by atoms with Gasteiger partial charge in [0.2, 0.25) is 5.91 Å². The van der Waals surface area contributed by atoms with Crippen molar-refractivity contribution in [2.24, 2.45) is 5.73 Å². The Labute approximate surface area is 194 Å². The Balaban J connectivity index is 1.37. The highest BCUT2D eigenvalue weighted by Gasteiger charge is 2.43. The zero-order valence-electron chi connectivity index (χ0n) is 19.9. The number of hydrogen-bond donors (Lipinski definition) is 3. The molecule has 1 aliphatic rings. The molecule has 0 aromatic carbocycles. The molecule has 1 aromatic heterocycles. The lowest BCUT2D eigenvalue weighted by molar-refractivity contribution is -0.128. The number of Topliss-reactive ketones (excluding diaryl/α,β-unsaturated/α-hetero) is 1. The van der Waals surface area contributed by atoms with Crippen molar-refractivity contribution in [3.8, 4) is 0 Å². The van der Waals surface area contributed by atoms with Crippen LogP contribution in [0.2, 0.25) is 0 Å². The number of hydrogen-bond acceptors (Lipinski definition) is 4. The summed E-state index contributed by atoms with van der Waals surface area (Å²) in [6.07, 6.45) is 26.3. The molecular weight excluding hydrogens is 400 g/mol. The van der Waals surface area contributed by atoms with E-state index < -0.39 is 0 Å². The minimum atomic E-state index is -0.343. The Kier molecular flexibility index (Phi) is 13.0. The van der Waals surface area contributed by atoms with E-state index in [2.05, 4.69) is 27.4 Å². The van der Waals surface area contributed by atoms with Crippen molar-refractivity contribution in [3.05, 3.63) is 30.4 Å². The maximum atomic E-state index is 12.7. The molecule has 1 aliphatic heterocycles. The van der Waals surface area contributed by atoms with Gasteiger partial charge < -0.3 is 16.0 Å². The van der Waals surface area contributed by atoms with Crippen LogP contribution >= 0.6 is 0 Å². The summed E-state index contributed by atoms with van der Waals surface area (Å²) in [5, 5.41) is 3.39. The molecule has 1 amide bonds. The van der Waals surface area contributed by atoms with Crippen LogP contribution in [0.1, 0.15) is 108 Å². The second-order valence-electron chi connectivity index (χ2n) is 9.34. The predicted molar refractivity (Wildman–Crippen MR) is 130 cm³/mol. The van der Waals surface area contributed by atoms with E-state index in [-0.39, 0.29) is 11.4 Å². The van der Waals surface area contributed by atoms with E-state index in [0.29, 0.717) is 18.6 Å². The molecular formula is C26H44N4O2. The van der Waals surface area contributed by atoms with Crippen LogP contribution in [0, 0.1) is 0 Å². The fourth-order valence-corrected chi connectivity index (χ4v) is 4.44. The molecule has 6 heteroatoms. The average Bonchev–Trinajstić information content (AvgIpc) is 3.25. The van der Waals surface area contributed by atoms with Crippen LogP contribution in [0.5, 0.6) is 0 Å². The van der Waals surface area contributed by atoms with E-state index in [9.17, 15) is 9.59 Å². The van der Waals surface area contributed by atoms with Gasteiger partial charge in [0.15, 0.2) is 5.78 Å². The average molecular weight is 445 g/mol. The molecule has 1 aromatic rings. The molecule has 32 heavy (non-hydrogen) atoms.